The maximum atomic E-state index is 10.4. The third-order valence-electron chi connectivity index (χ3n) is 7.23. The molecule has 7 rings (SSSR count). The van der Waals surface area contributed by atoms with Crippen LogP contribution in [0.1, 0.15) is 11.1 Å². The third kappa shape index (κ3) is 3.00. The van der Waals surface area contributed by atoms with Gasteiger partial charge in [-0.1, -0.05) is 72.8 Å². The average molecular weight is 473 g/mol. The molecule has 0 saturated carbocycles. The molecule has 7 aromatic rings. The first-order valence-electron chi connectivity index (χ1n) is 12.2. The van der Waals surface area contributed by atoms with Gasteiger partial charge in [-0.25, -0.2) is 0 Å². The Kier molecular flexibility index (Phi) is 4.61. The molecule has 0 unspecified atom stereocenters. The lowest BCUT2D eigenvalue weighted by atomic mass is 10.0. The molecular weight excluding hydrogens is 452 g/mol. The van der Waals surface area contributed by atoms with Crippen LogP contribution in [0.2, 0.25) is 0 Å². The molecule has 0 amide bonds. The molecule has 0 atom stereocenters. The molecule has 0 fully saturated rings. The summed E-state index contributed by atoms with van der Waals surface area (Å²) in [5, 5.41) is 24.8. The number of hydrogen-bond donors (Lipinski definition) is 0. The van der Waals surface area contributed by atoms with Crippen LogP contribution in [0.15, 0.2) is 109 Å². The topological polar surface area (TPSA) is 57.4 Å². The molecule has 37 heavy (non-hydrogen) atoms. The van der Waals surface area contributed by atoms with Crippen LogP contribution in [0.5, 0.6) is 0 Å². The molecule has 0 aliphatic rings. The maximum Gasteiger partial charge on any atom is 0.101 e. The van der Waals surface area contributed by atoms with E-state index in [9.17, 15) is 10.5 Å². The monoisotopic (exact) mass is 472 g/mol. The van der Waals surface area contributed by atoms with E-state index < -0.39 is 0 Å². The largest absolute Gasteiger partial charge is 0.309 e. The van der Waals surface area contributed by atoms with E-state index in [-0.39, 0.29) is 6.42 Å². The smallest absolute Gasteiger partial charge is 0.101 e. The lowest BCUT2D eigenvalue weighted by molar-refractivity contribution is 1.08. The molecule has 5 aromatic carbocycles. The molecule has 2 aromatic heterocycles. The van der Waals surface area contributed by atoms with E-state index in [1.54, 1.807) is 0 Å². The second-order valence-electron chi connectivity index (χ2n) is 9.18. The highest BCUT2D eigenvalue weighted by molar-refractivity contribution is 6.10. The van der Waals surface area contributed by atoms with Gasteiger partial charge in [-0.05, 0) is 42.0 Å². The Morgan fingerprint density at radius 1 is 0.514 bits per heavy atom. The van der Waals surface area contributed by atoms with Crippen molar-refractivity contribution in [1.82, 2.24) is 9.13 Å². The van der Waals surface area contributed by atoms with Gasteiger partial charge in [0, 0.05) is 21.5 Å². The number of rotatable bonds is 3. The third-order valence-corrected chi connectivity index (χ3v) is 7.23. The van der Waals surface area contributed by atoms with Crippen molar-refractivity contribution in [2.75, 3.05) is 0 Å². The van der Waals surface area contributed by atoms with Crippen molar-refractivity contribution < 1.29 is 0 Å². The summed E-state index contributed by atoms with van der Waals surface area (Å²) >= 11 is 0. The van der Waals surface area contributed by atoms with Crippen molar-refractivity contribution in [2.45, 2.75) is 6.42 Å². The molecule has 4 heteroatoms. The van der Waals surface area contributed by atoms with Gasteiger partial charge in [0.25, 0.3) is 0 Å². The molecule has 4 nitrogen and oxygen atoms in total. The summed E-state index contributed by atoms with van der Waals surface area (Å²) < 4.78 is 4.34. The number of fused-ring (bicyclic) bond motifs is 6. The molecule has 0 N–H and O–H groups in total. The molecule has 0 aliphatic carbocycles. The Morgan fingerprint density at radius 2 is 0.919 bits per heavy atom. The highest BCUT2D eigenvalue weighted by atomic mass is 15.0. The summed E-state index contributed by atoms with van der Waals surface area (Å²) in [6.45, 7) is 0. The van der Waals surface area contributed by atoms with E-state index in [1.165, 1.54) is 0 Å². The Labute approximate surface area is 213 Å². The second-order valence-corrected chi connectivity index (χ2v) is 9.18. The first-order valence-corrected chi connectivity index (χ1v) is 12.2. The Bertz CT molecular complexity index is 1990. The number of aromatic nitrogens is 2. The summed E-state index contributed by atoms with van der Waals surface area (Å²) in [4.78, 5) is 0. The van der Waals surface area contributed by atoms with Gasteiger partial charge in [0.15, 0.2) is 0 Å². The number of nitriles is 2. The van der Waals surface area contributed by atoms with Crippen molar-refractivity contribution >= 4 is 43.6 Å². The first-order chi connectivity index (χ1) is 18.3. The highest BCUT2D eigenvalue weighted by Gasteiger charge is 2.20. The molecule has 0 radical (unpaired) electrons. The molecule has 172 valence electrons. The summed E-state index contributed by atoms with van der Waals surface area (Å²) in [6.07, 6.45) is 0.228. The highest BCUT2D eigenvalue weighted by Crippen LogP contribution is 2.37. The Hall–Kier alpha value is -5.32. The van der Waals surface area contributed by atoms with Crippen LogP contribution in [0.4, 0.5) is 0 Å². The number of nitrogens with zero attached hydrogens (tertiary/aromatic N) is 4. The van der Waals surface area contributed by atoms with Crippen LogP contribution in [0, 0.1) is 22.7 Å². The summed E-state index contributed by atoms with van der Waals surface area (Å²) in [5.74, 6) is 0. The first kappa shape index (κ1) is 21.0. The summed E-state index contributed by atoms with van der Waals surface area (Å²) in [5.41, 5.74) is 7.26. The van der Waals surface area contributed by atoms with Gasteiger partial charge in [0.2, 0.25) is 0 Å². The van der Waals surface area contributed by atoms with E-state index in [4.69, 9.17) is 0 Å². The Morgan fingerprint density at radius 3 is 1.32 bits per heavy atom. The van der Waals surface area contributed by atoms with Crippen molar-refractivity contribution in [2.24, 2.45) is 0 Å². The lowest BCUT2D eigenvalue weighted by Crippen LogP contribution is -2.05. The quantitative estimate of drug-likeness (QED) is 0.263. The molecule has 0 spiro atoms. The molecule has 2 heterocycles. The summed E-state index contributed by atoms with van der Waals surface area (Å²) in [6, 6.07) is 41.9. The van der Waals surface area contributed by atoms with Gasteiger partial charge in [-0.3, -0.25) is 0 Å². The van der Waals surface area contributed by atoms with Gasteiger partial charge in [-0.15, -0.1) is 0 Å². The Balaban J connectivity index is 1.60. The minimum atomic E-state index is 0.228. The summed E-state index contributed by atoms with van der Waals surface area (Å²) in [7, 11) is 0. The van der Waals surface area contributed by atoms with Crippen LogP contribution in [-0.4, -0.2) is 9.13 Å². The van der Waals surface area contributed by atoms with E-state index in [0.29, 0.717) is 5.56 Å². The minimum Gasteiger partial charge on any atom is -0.309 e. The van der Waals surface area contributed by atoms with Crippen molar-refractivity contribution in [3.63, 3.8) is 0 Å². The van der Waals surface area contributed by atoms with Gasteiger partial charge >= 0.3 is 0 Å². The van der Waals surface area contributed by atoms with E-state index in [0.717, 1.165) is 60.5 Å². The minimum absolute atomic E-state index is 0.228. The SMILES string of the molecule is N#CCc1cc(-n2c3ccccc3c3ccccc32)c(C#N)cc1-n1c2ccccc2c2ccccc21. The fraction of sp³-hybridized carbons (Fsp3) is 0.0303. The van der Waals surface area contributed by atoms with Crippen LogP contribution in [0.3, 0.4) is 0 Å². The predicted octanol–water partition coefficient (Wildman–Crippen LogP) is 7.82. The predicted molar refractivity (Wildman–Crippen MR) is 149 cm³/mol. The van der Waals surface area contributed by atoms with Crippen LogP contribution >= 0.6 is 0 Å². The van der Waals surface area contributed by atoms with Gasteiger partial charge in [0.05, 0.1) is 51.5 Å². The van der Waals surface area contributed by atoms with Crippen LogP contribution in [-0.2, 0) is 6.42 Å². The van der Waals surface area contributed by atoms with Crippen molar-refractivity contribution in [1.29, 1.82) is 10.5 Å². The lowest BCUT2D eigenvalue weighted by Gasteiger charge is -2.17. The molecular formula is C33H20N4. The number of hydrogen-bond acceptors (Lipinski definition) is 2. The van der Waals surface area contributed by atoms with E-state index >= 15 is 0 Å². The van der Waals surface area contributed by atoms with Crippen molar-refractivity contribution in [3.05, 3.63) is 120 Å². The zero-order valence-corrected chi connectivity index (χ0v) is 19.9. The van der Waals surface area contributed by atoms with Crippen molar-refractivity contribution in [3.8, 4) is 23.5 Å². The number of benzene rings is 5. The van der Waals surface area contributed by atoms with Crippen LogP contribution < -0.4 is 0 Å². The van der Waals surface area contributed by atoms with Crippen LogP contribution in [0.25, 0.3) is 55.0 Å². The van der Waals surface area contributed by atoms with Gasteiger partial charge in [-0.2, -0.15) is 10.5 Å². The fourth-order valence-corrected chi connectivity index (χ4v) is 5.69. The second kappa shape index (κ2) is 8.12. The molecule has 0 saturated heterocycles. The normalized spacial score (nSPS) is 11.3. The van der Waals surface area contributed by atoms with E-state index in [1.807, 2.05) is 60.7 Å². The van der Waals surface area contributed by atoms with E-state index in [2.05, 4.69) is 69.8 Å². The standard InChI is InChI=1S/C33H20N4/c34-18-17-22-19-33(37-30-15-7-3-11-26(30)27-12-4-8-16-31(27)37)23(21-35)20-32(22)36-28-13-5-1-9-24(28)25-10-2-6-14-29(25)36/h1-16,19-20H,17H2. The zero-order valence-electron chi connectivity index (χ0n) is 19.9. The number of para-hydroxylation sites is 4. The fourth-order valence-electron chi connectivity index (χ4n) is 5.69. The maximum absolute atomic E-state index is 10.4. The zero-order chi connectivity index (χ0) is 24.9. The molecule has 0 bridgehead atoms. The van der Waals surface area contributed by atoms with Gasteiger partial charge < -0.3 is 9.13 Å². The average Bonchev–Trinajstić information content (AvgIpc) is 3.46. The van der Waals surface area contributed by atoms with Gasteiger partial charge in [0.1, 0.15) is 6.07 Å². The molecule has 0 aliphatic heterocycles.